The van der Waals surface area contributed by atoms with E-state index in [1.807, 2.05) is 0 Å². The molecule has 3 N–H and O–H groups in total. The second kappa shape index (κ2) is 7.75. The number of carbonyl (C=O) groups is 1. The first-order valence-electron chi connectivity index (χ1n) is 8.92. The third-order valence-electron chi connectivity index (χ3n) is 4.84. The van der Waals surface area contributed by atoms with E-state index in [1.165, 1.54) is 0 Å². The van der Waals surface area contributed by atoms with Crippen molar-refractivity contribution in [2.75, 3.05) is 26.2 Å². The van der Waals surface area contributed by atoms with Crippen molar-refractivity contribution in [1.29, 1.82) is 0 Å². The van der Waals surface area contributed by atoms with Gasteiger partial charge in [0.1, 0.15) is 0 Å². The first-order valence-corrected chi connectivity index (χ1v) is 8.92. The lowest BCUT2D eigenvalue weighted by atomic mass is 10.1. The fourth-order valence-electron chi connectivity index (χ4n) is 3.80. The molecule has 0 aromatic rings. The second-order valence-corrected chi connectivity index (χ2v) is 7.79. The Morgan fingerprint density at radius 2 is 1.95 bits per heavy atom. The maximum atomic E-state index is 12.8. The van der Waals surface area contributed by atoms with Crippen molar-refractivity contribution in [1.82, 2.24) is 15.1 Å². The molecule has 1 amide bonds. The van der Waals surface area contributed by atoms with Crippen LogP contribution in [0.15, 0.2) is 0 Å². The number of nitrogens with two attached hydrogens (primary N) is 1. The highest BCUT2D eigenvalue weighted by Crippen LogP contribution is 2.21. The van der Waals surface area contributed by atoms with Gasteiger partial charge in [-0.2, -0.15) is 0 Å². The molecule has 1 unspecified atom stereocenters. The Hall–Kier alpha value is -0.650. The standard InChI is InChI=1S/C17H34N4O/c1-12(2)10-20-8-5-6-15(20)17(22)19-16(13(3)4)21-9-7-14(18)11-21/h12-16H,5-11,18H2,1-4H3,(H,19,22)/t14-,15+,16?/m1/s1. The molecule has 22 heavy (non-hydrogen) atoms. The Labute approximate surface area is 135 Å². The predicted molar refractivity (Wildman–Crippen MR) is 90.4 cm³/mol. The Bertz CT molecular complexity index is 372. The Kier molecular flexibility index (Phi) is 6.24. The molecule has 0 aromatic heterocycles. The minimum absolute atomic E-state index is 0.0555. The van der Waals surface area contributed by atoms with Crippen LogP contribution in [-0.2, 0) is 4.79 Å². The highest BCUT2D eigenvalue weighted by molar-refractivity contribution is 5.82. The van der Waals surface area contributed by atoms with Gasteiger partial charge < -0.3 is 11.1 Å². The molecule has 0 spiro atoms. The molecule has 2 saturated heterocycles. The highest BCUT2D eigenvalue weighted by atomic mass is 16.2. The molecule has 2 aliphatic heterocycles. The average Bonchev–Trinajstić information content (AvgIpc) is 3.03. The minimum Gasteiger partial charge on any atom is -0.339 e. The Morgan fingerprint density at radius 1 is 1.23 bits per heavy atom. The van der Waals surface area contributed by atoms with Crippen LogP contribution in [0.4, 0.5) is 0 Å². The Balaban J connectivity index is 1.95. The van der Waals surface area contributed by atoms with E-state index in [-0.39, 0.29) is 24.2 Å². The van der Waals surface area contributed by atoms with Crippen LogP contribution < -0.4 is 11.1 Å². The van der Waals surface area contributed by atoms with Gasteiger partial charge in [-0.05, 0) is 37.6 Å². The van der Waals surface area contributed by atoms with Gasteiger partial charge in [0, 0.05) is 25.7 Å². The van der Waals surface area contributed by atoms with Crippen LogP contribution in [-0.4, -0.2) is 60.1 Å². The number of amides is 1. The summed E-state index contributed by atoms with van der Waals surface area (Å²) in [4.78, 5) is 17.5. The molecule has 0 bridgehead atoms. The zero-order valence-corrected chi connectivity index (χ0v) is 14.7. The SMILES string of the molecule is CC(C)CN1CCC[C@H]1C(=O)NC(C(C)C)N1CC[C@@H](N)C1. The van der Waals surface area contributed by atoms with Crippen molar-refractivity contribution < 1.29 is 4.79 Å². The van der Waals surface area contributed by atoms with Gasteiger partial charge in [-0.3, -0.25) is 14.6 Å². The second-order valence-electron chi connectivity index (χ2n) is 7.79. The number of nitrogens with one attached hydrogen (secondary N) is 1. The van der Waals surface area contributed by atoms with Gasteiger partial charge in [0.2, 0.25) is 5.91 Å². The van der Waals surface area contributed by atoms with Gasteiger partial charge in [0.15, 0.2) is 0 Å². The van der Waals surface area contributed by atoms with E-state index in [0.29, 0.717) is 11.8 Å². The molecule has 0 aromatic carbocycles. The van der Waals surface area contributed by atoms with Crippen molar-refractivity contribution in [3.63, 3.8) is 0 Å². The molecule has 128 valence electrons. The topological polar surface area (TPSA) is 61.6 Å². The Morgan fingerprint density at radius 3 is 2.50 bits per heavy atom. The zero-order valence-electron chi connectivity index (χ0n) is 14.7. The first-order chi connectivity index (χ1) is 10.4. The lowest BCUT2D eigenvalue weighted by Crippen LogP contribution is -2.55. The van der Waals surface area contributed by atoms with Gasteiger partial charge >= 0.3 is 0 Å². The molecule has 0 radical (unpaired) electrons. The summed E-state index contributed by atoms with van der Waals surface area (Å²) in [7, 11) is 0. The molecule has 3 atom stereocenters. The van der Waals surface area contributed by atoms with Gasteiger partial charge in [0.05, 0.1) is 12.2 Å². The summed E-state index contributed by atoms with van der Waals surface area (Å²) in [6.45, 7) is 12.7. The quantitative estimate of drug-likeness (QED) is 0.775. The summed E-state index contributed by atoms with van der Waals surface area (Å²) in [5, 5.41) is 3.31. The molecule has 0 saturated carbocycles. The molecule has 2 heterocycles. The van der Waals surface area contributed by atoms with Crippen LogP contribution in [0.2, 0.25) is 0 Å². The van der Waals surface area contributed by atoms with Crippen LogP contribution in [0.3, 0.4) is 0 Å². The van der Waals surface area contributed by atoms with Crippen molar-refractivity contribution in [2.24, 2.45) is 17.6 Å². The largest absolute Gasteiger partial charge is 0.339 e. The normalized spacial score (nSPS) is 28.7. The third kappa shape index (κ3) is 4.43. The maximum absolute atomic E-state index is 12.8. The highest BCUT2D eigenvalue weighted by Gasteiger charge is 2.35. The molecule has 2 aliphatic rings. The molecule has 2 fully saturated rings. The first kappa shape index (κ1) is 17.7. The zero-order chi connectivity index (χ0) is 16.3. The molecular weight excluding hydrogens is 276 g/mol. The molecule has 0 aliphatic carbocycles. The van der Waals surface area contributed by atoms with E-state index in [4.69, 9.17) is 5.73 Å². The van der Waals surface area contributed by atoms with Crippen LogP contribution in [0.1, 0.15) is 47.0 Å². The summed E-state index contributed by atoms with van der Waals surface area (Å²) in [5.74, 6) is 1.21. The van der Waals surface area contributed by atoms with Crippen molar-refractivity contribution in [3.05, 3.63) is 0 Å². The van der Waals surface area contributed by atoms with E-state index in [2.05, 4.69) is 42.8 Å². The van der Waals surface area contributed by atoms with E-state index in [0.717, 1.165) is 45.4 Å². The summed E-state index contributed by atoms with van der Waals surface area (Å²) < 4.78 is 0. The summed E-state index contributed by atoms with van der Waals surface area (Å²) >= 11 is 0. The lowest BCUT2D eigenvalue weighted by molar-refractivity contribution is -0.128. The number of carbonyl (C=O) groups excluding carboxylic acids is 1. The van der Waals surface area contributed by atoms with E-state index in [1.54, 1.807) is 0 Å². The van der Waals surface area contributed by atoms with Gasteiger partial charge in [-0.15, -0.1) is 0 Å². The molecule has 5 heteroatoms. The number of hydrogen-bond donors (Lipinski definition) is 2. The lowest BCUT2D eigenvalue weighted by Gasteiger charge is -2.34. The number of likely N-dealkylation sites (tertiary alicyclic amines) is 2. The summed E-state index contributed by atoms with van der Waals surface area (Å²) in [6, 6.07) is 0.307. The van der Waals surface area contributed by atoms with Crippen molar-refractivity contribution in [3.8, 4) is 0 Å². The van der Waals surface area contributed by atoms with Gasteiger partial charge in [-0.25, -0.2) is 0 Å². The van der Waals surface area contributed by atoms with E-state index >= 15 is 0 Å². The van der Waals surface area contributed by atoms with Gasteiger partial charge in [-0.1, -0.05) is 27.7 Å². The summed E-state index contributed by atoms with van der Waals surface area (Å²) in [5.41, 5.74) is 6.03. The van der Waals surface area contributed by atoms with Gasteiger partial charge in [0.25, 0.3) is 0 Å². The number of rotatable bonds is 6. The number of nitrogens with zero attached hydrogens (tertiary/aromatic N) is 2. The molecule has 5 nitrogen and oxygen atoms in total. The summed E-state index contributed by atoms with van der Waals surface area (Å²) in [6.07, 6.45) is 3.26. The fraction of sp³-hybridized carbons (Fsp3) is 0.941. The molecular formula is C17H34N4O. The monoisotopic (exact) mass is 310 g/mol. The van der Waals surface area contributed by atoms with Crippen LogP contribution >= 0.6 is 0 Å². The fourth-order valence-corrected chi connectivity index (χ4v) is 3.80. The van der Waals surface area contributed by atoms with Crippen LogP contribution in [0, 0.1) is 11.8 Å². The van der Waals surface area contributed by atoms with Crippen molar-refractivity contribution >= 4 is 5.91 Å². The van der Waals surface area contributed by atoms with E-state index < -0.39 is 0 Å². The van der Waals surface area contributed by atoms with E-state index in [9.17, 15) is 4.79 Å². The average molecular weight is 310 g/mol. The number of hydrogen-bond acceptors (Lipinski definition) is 4. The van der Waals surface area contributed by atoms with Crippen molar-refractivity contribution in [2.45, 2.75) is 65.2 Å². The molecule has 2 rings (SSSR count). The third-order valence-corrected chi connectivity index (χ3v) is 4.84. The van der Waals surface area contributed by atoms with Crippen LogP contribution in [0.5, 0.6) is 0 Å². The smallest absolute Gasteiger partial charge is 0.238 e. The van der Waals surface area contributed by atoms with Crippen LogP contribution in [0.25, 0.3) is 0 Å². The minimum atomic E-state index is 0.0555. The maximum Gasteiger partial charge on any atom is 0.238 e. The predicted octanol–water partition coefficient (Wildman–Crippen LogP) is 1.24.